The van der Waals surface area contributed by atoms with E-state index in [1.807, 2.05) is 28.7 Å². The molecule has 0 saturated carbocycles. The average Bonchev–Trinajstić information content (AvgIpc) is 1.90. The van der Waals surface area contributed by atoms with Gasteiger partial charge in [0, 0.05) is 3.58 Å². The van der Waals surface area contributed by atoms with Crippen LogP contribution in [0.25, 0.3) is 0 Å². The van der Waals surface area contributed by atoms with Crippen molar-refractivity contribution in [3.63, 3.8) is 0 Å². The van der Waals surface area contributed by atoms with Crippen LogP contribution in [0, 0.1) is 11.3 Å². The van der Waals surface area contributed by atoms with Crippen molar-refractivity contribution in [3.8, 4) is 6.07 Å². The van der Waals surface area contributed by atoms with Gasteiger partial charge >= 0.3 is 0 Å². The average molecular weight is 231 g/mol. The van der Waals surface area contributed by atoms with E-state index in [0.29, 0.717) is 5.57 Å². The van der Waals surface area contributed by atoms with Crippen molar-refractivity contribution in [1.82, 2.24) is 0 Å². The summed E-state index contributed by atoms with van der Waals surface area (Å²) in [4.78, 5) is 0. The highest BCUT2D eigenvalue weighted by atomic mass is 127. The Morgan fingerprint density at radius 3 is 2.11 bits per heavy atom. The second-order valence-corrected chi connectivity index (χ2v) is 2.44. The molecular formula is C7H6IN. The van der Waals surface area contributed by atoms with Crippen molar-refractivity contribution in [2.75, 3.05) is 0 Å². The number of nitrogens with zero attached hydrogens (tertiary/aromatic N) is 1. The number of nitriles is 1. The topological polar surface area (TPSA) is 23.8 Å². The Morgan fingerprint density at radius 1 is 1.44 bits per heavy atom. The SMILES string of the molecule is C=C/C(I)=C(/C#N)C=C. The van der Waals surface area contributed by atoms with E-state index in [2.05, 4.69) is 13.2 Å². The molecule has 0 aromatic carbocycles. The summed E-state index contributed by atoms with van der Waals surface area (Å²) in [7, 11) is 0. The van der Waals surface area contributed by atoms with Gasteiger partial charge in [0.25, 0.3) is 0 Å². The maximum atomic E-state index is 8.40. The standard InChI is InChI=1S/C7H6IN/c1-3-6(5-9)7(8)4-2/h3-4H,1-2H2/b7-6-. The van der Waals surface area contributed by atoms with E-state index in [9.17, 15) is 0 Å². The fraction of sp³-hybridized carbons (Fsp3) is 0. The van der Waals surface area contributed by atoms with Gasteiger partial charge in [-0.2, -0.15) is 5.26 Å². The normalized spacial score (nSPS) is 11.1. The molecule has 0 spiro atoms. The van der Waals surface area contributed by atoms with E-state index in [4.69, 9.17) is 5.26 Å². The van der Waals surface area contributed by atoms with Gasteiger partial charge in [-0.25, -0.2) is 0 Å². The first-order valence-corrected chi connectivity index (χ1v) is 3.39. The lowest BCUT2D eigenvalue weighted by atomic mass is 10.3. The number of allylic oxidation sites excluding steroid dienone is 4. The zero-order valence-corrected chi connectivity index (χ0v) is 7.05. The first kappa shape index (κ1) is 8.44. The summed E-state index contributed by atoms with van der Waals surface area (Å²) in [5, 5.41) is 8.40. The minimum atomic E-state index is 0.575. The third-order valence-corrected chi connectivity index (χ3v) is 1.78. The van der Waals surface area contributed by atoms with E-state index < -0.39 is 0 Å². The third-order valence-electron chi connectivity index (χ3n) is 0.761. The quantitative estimate of drug-likeness (QED) is 0.407. The Morgan fingerprint density at radius 2 is 2.00 bits per heavy atom. The van der Waals surface area contributed by atoms with Crippen molar-refractivity contribution < 1.29 is 0 Å². The van der Waals surface area contributed by atoms with Crippen LogP contribution in [0.15, 0.2) is 34.5 Å². The van der Waals surface area contributed by atoms with E-state index in [1.54, 1.807) is 6.08 Å². The van der Waals surface area contributed by atoms with Crippen molar-refractivity contribution in [2.45, 2.75) is 0 Å². The summed E-state index contributed by atoms with van der Waals surface area (Å²) in [5.74, 6) is 0. The van der Waals surface area contributed by atoms with Crippen LogP contribution >= 0.6 is 22.6 Å². The molecule has 0 rings (SSSR count). The molecule has 0 aliphatic rings. The van der Waals surface area contributed by atoms with Gasteiger partial charge in [-0.15, -0.1) is 0 Å². The van der Waals surface area contributed by atoms with E-state index in [0.717, 1.165) is 3.58 Å². The molecule has 0 amide bonds. The zero-order chi connectivity index (χ0) is 7.28. The fourth-order valence-corrected chi connectivity index (χ4v) is 0.647. The van der Waals surface area contributed by atoms with Crippen LogP contribution in [0.3, 0.4) is 0 Å². The molecule has 0 radical (unpaired) electrons. The molecule has 0 saturated heterocycles. The lowest BCUT2D eigenvalue weighted by Crippen LogP contribution is -1.71. The summed E-state index contributed by atoms with van der Waals surface area (Å²) in [6.45, 7) is 6.98. The summed E-state index contributed by atoms with van der Waals surface area (Å²) >= 11 is 2.04. The van der Waals surface area contributed by atoms with Crippen LogP contribution in [0.2, 0.25) is 0 Å². The molecule has 0 unspecified atom stereocenters. The van der Waals surface area contributed by atoms with Crippen molar-refractivity contribution in [3.05, 3.63) is 34.5 Å². The minimum absolute atomic E-state index is 0.575. The molecule has 0 aliphatic heterocycles. The summed E-state index contributed by atoms with van der Waals surface area (Å²) in [5.41, 5.74) is 0.575. The molecule has 9 heavy (non-hydrogen) atoms. The van der Waals surface area contributed by atoms with Gasteiger partial charge in [0.05, 0.1) is 5.57 Å². The van der Waals surface area contributed by atoms with Crippen molar-refractivity contribution >= 4 is 22.6 Å². The Balaban J connectivity index is 4.63. The molecule has 0 atom stereocenters. The summed E-state index contributed by atoms with van der Waals surface area (Å²) < 4.78 is 0.838. The lowest BCUT2D eigenvalue weighted by Gasteiger charge is -1.87. The molecule has 0 aromatic heterocycles. The third kappa shape index (κ3) is 2.47. The number of halogens is 1. The van der Waals surface area contributed by atoms with Crippen LogP contribution in [0.5, 0.6) is 0 Å². The monoisotopic (exact) mass is 231 g/mol. The highest BCUT2D eigenvalue weighted by Gasteiger charge is 1.91. The van der Waals surface area contributed by atoms with Crippen molar-refractivity contribution in [1.29, 1.82) is 5.26 Å². The molecule has 2 heteroatoms. The number of hydrogen-bond acceptors (Lipinski definition) is 1. The van der Waals surface area contributed by atoms with Gasteiger partial charge in [0.1, 0.15) is 6.07 Å². The van der Waals surface area contributed by atoms with Gasteiger partial charge < -0.3 is 0 Å². The minimum Gasteiger partial charge on any atom is -0.192 e. The number of rotatable bonds is 2. The molecular weight excluding hydrogens is 225 g/mol. The molecule has 0 heterocycles. The lowest BCUT2D eigenvalue weighted by molar-refractivity contribution is 1.50. The molecule has 0 bridgehead atoms. The first-order chi connectivity index (χ1) is 4.26. The van der Waals surface area contributed by atoms with Crippen molar-refractivity contribution in [2.24, 2.45) is 0 Å². The van der Waals surface area contributed by atoms with Crippen LogP contribution in [-0.2, 0) is 0 Å². The molecule has 0 aromatic rings. The Kier molecular flexibility index (Phi) is 4.06. The fourth-order valence-electron chi connectivity index (χ4n) is 0.307. The molecule has 0 aliphatic carbocycles. The van der Waals surface area contributed by atoms with Crippen LogP contribution in [0.1, 0.15) is 0 Å². The van der Waals surface area contributed by atoms with Gasteiger partial charge in [0.2, 0.25) is 0 Å². The maximum Gasteiger partial charge on any atom is 0.100 e. The van der Waals surface area contributed by atoms with E-state index in [-0.39, 0.29) is 0 Å². The number of hydrogen-bond donors (Lipinski definition) is 0. The highest BCUT2D eigenvalue weighted by molar-refractivity contribution is 14.1. The van der Waals surface area contributed by atoms with Gasteiger partial charge in [-0.05, 0) is 22.6 Å². The van der Waals surface area contributed by atoms with E-state index in [1.165, 1.54) is 6.08 Å². The van der Waals surface area contributed by atoms with Crippen LogP contribution in [-0.4, -0.2) is 0 Å². The predicted octanol–water partition coefficient (Wildman–Crippen LogP) is 2.57. The molecule has 0 N–H and O–H groups in total. The molecule has 0 fully saturated rings. The zero-order valence-electron chi connectivity index (χ0n) is 4.89. The van der Waals surface area contributed by atoms with E-state index >= 15 is 0 Å². The smallest absolute Gasteiger partial charge is 0.100 e. The molecule has 46 valence electrons. The predicted molar refractivity (Wildman–Crippen MR) is 47.1 cm³/mol. The second-order valence-electron chi connectivity index (χ2n) is 1.28. The maximum absolute atomic E-state index is 8.40. The second kappa shape index (κ2) is 4.33. The largest absolute Gasteiger partial charge is 0.192 e. The van der Waals surface area contributed by atoms with Crippen LogP contribution in [0.4, 0.5) is 0 Å². The Bertz CT molecular complexity index is 195. The Hall–Kier alpha value is -0.560. The van der Waals surface area contributed by atoms with Gasteiger partial charge in [-0.3, -0.25) is 0 Å². The van der Waals surface area contributed by atoms with Crippen LogP contribution < -0.4 is 0 Å². The van der Waals surface area contributed by atoms with Gasteiger partial charge in [0.15, 0.2) is 0 Å². The Labute approximate surface area is 68.5 Å². The summed E-state index contributed by atoms with van der Waals surface area (Å²) in [6, 6.07) is 1.99. The summed E-state index contributed by atoms with van der Waals surface area (Å²) in [6.07, 6.45) is 3.14. The first-order valence-electron chi connectivity index (χ1n) is 2.31. The highest BCUT2D eigenvalue weighted by Crippen LogP contribution is 2.13. The molecule has 1 nitrogen and oxygen atoms in total. The van der Waals surface area contributed by atoms with Gasteiger partial charge in [-0.1, -0.05) is 25.3 Å².